The fraction of sp³-hybridized carbons (Fsp3) is 0.250. The van der Waals surface area contributed by atoms with E-state index in [1.807, 2.05) is 42.1 Å². The van der Waals surface area contributed by atoms with Gasteiger partial charge < -0.3 is 14.6 Å². The molecular weight excluding hydrogens is 490 g/mol. The Morgan fingerprint density at radius 3 is 2.71 bits per heavy atom. The van der Waals surface area contributed by atoms with Gasteiger partial charge in [-0.2, -0.15) is 0 Å². The third-order valence-electron chi connectivity index (χ3n) is 5.30. The first kappa shape index (κ1) is 24.3. The van der Waals surface area contributed by atoms with Crippen LogP contribution in [0.3, 0.4) is 0 Å². The maximum absolute atomic E-state index is 12.5. The van der Waals surface area contributed by atoms with Crippen LogP contribution in [0.1, 0.15) is 22.5 Å². The van der Waals surface area contributed by atoms with E-state index in [9.17, 15) is 4.79 Å². The molecule has 0 unspecified atom stereocenters. The summed E-state index contributed by atoms with van der Waals surface area (Å²) in [6, 6.07) is 11.7. The number of amides is 1. The standard InChI is InChI=1S/C24H24ClN5O2S2/c1-14-5-6-17(9-15(14)2)19-12-33-23(26-19)27-22(31)13-34-24-29-28-21(30(24)4)11-32-20-8-7-18(25)10-16(20)3/h5-10,12H,11,13H2,1-4H3,(H,26,27,31). The number of hydrogen-bond acceptors (Lipinski definition) is 7. The third kappa shape index (κ3) is 5.78. The number of halogens is 1. The number of anilines is 1. The van der Waals surface area contributed by atoms with Crippen LogP contribution in [-0.4, -0.2) is 31.4 Å². The summed E-state index contributed by atoms with van der Waals surface area (Å²) in [4.78, 5) is 17.0. The molecule has 0 fully saturated rings. The van der Waals surface area contributed by atoms with E-state index in [4.69, 9.17) is 16.3 Å². The molecule has 34 heavy (non-hydrogen) atoms. The van der Waals surface area contributed by atoms with Crippen LogP contribution in [0, 0.1) is 20.8 Å². The molecule has 0 aliphatic carbocycles. The first-order valence-corrected chi connectivity index (χ1v) is 12.8. The second-order valence-electron chi connectivity index (χ2n) is 7.83. The Hall–Kier alpha value is -2.88. The molecule has 2 aromatic heterocycles. The Labute approximate surface area is 211 Å². The summed E-state index contributed by atoms with van der Waals surface area (Å²) in [5, 5.41) is 15.1. The number of aromatic nitrogens is 4. The molecule has 0 atom stereocenters. The molecule has 7 nitrogen and oxygen atoms in total. The molecule has 0 aliphatic heterocycles. The quantitative estimate of drug-likeness (QED) is 0.299. The Balaban J connectivity index is 1.31. The fourth-order valence-electron chi connectivity index (χ4n) is 3.16. The van der Waals surface area contributed by atoms with Crippen molar-refractivity contribution in [1.82, 2.24) is 19.7 Å². The van der Waals surface area contributed by atoms with Gasteiger partial charge in [-0.25, -0.2) is 4.98 Å². The van der Waals surface area contributed by atoms with Crippen molar-refractivity contribution in [2.75, 3.05) is 11.1 Å². The molecule has 2 heterocycles. The van der Waals surface area contributed by atoms with E-state index in [1.54, 1.807) is 6.07 Å². The summed E-state index contributed by atoms with van der Waals surface area (Å²) in [5.41, 5.74) is 5.29. The first-order chi connectivity index (χ1) is 16.3. The second kappa shape index (κ2) is 10.6. The Kier molecular flexibility index (Phi) is 7.55. The smallest absolute Gasteiger partial charge is 0.236 e. The van der Waals surface area contributed by atoms with Gasteiger partial charge >= 0.3 is 0 Å². The topological polar surface area (TPSA) is 81.9 Å². The van der Waals surface area contributed by atoms with Gasteiger partial charge in [0, 0.05) is 23.0 Å². The minimum absolute atomic E-state index is 0.149. The van der Waals surface area contributed by atoms with Crippen LogP contribution in [0.2, 0.25) is 5.02 Å². The largest absolute Gasteiger partial charge is 0.485 e. The molecule has 0 saturated carbocycles. The lowest BCUT2D eigenvalue weighted by Gasteiger charge is -2.09. The number of benzene rings is 2. The zero-order valence-electron chi connectivity index (χ0n) is 19.3. The highest BCUT2D eigenvalue weighted by Gasteiger charge is 2.14. The summed E-state index contributed by atoms with van der Waals surface area (Å²) in [6.07, 6.45) is 0. The van der Waals surface area contributed by atoms with Gasteiger partial charge in [0.25, 0.3) is 0 Å². The Morgan fingerprint density at radius 2 is 1.94 bits per heavy atom. The van der Waals surface area contributed by atoms with Gasteiger partial charge in [0.1, 0.15) is 12.4 Å². The summed E-state index contributed by atoms with van der Waals surface area (Å²) >= 11 is 8.71. The summed E-state index contributed by atoms with van der Waals surface area (Å²) in [7, 11) is 1.85. The number of hydrogen-bond donors (Lipinski definition) is 1. The van der Waals surface area contributed by atoms with Crippen LogP contribution in [0.4, 0.5) is 5.13 Å². The number of thioether (sulfide) groups is 1. The molecule has 4 rings (SSSR count). The number of aryl methyl sites for hydroxylation is 3. The molecule has 4 aromatic rings. The van der Waals surface area contributed by atoms with E-state index < -0.39 is 0 Å². The van der Waals surface area contributed by atoms with Gasteiger partial charge in [-0.05, 0) is 61.7 Å². The molecule has 0 saturated heterocycles. The summed E-state index contributed by atoms with van der Waals surface area (Å²) in [5.74, 6) is 1.45. The number of ether oxygens (including phenoxy) is 1. The minimum Gasteiger partial charge on any atom is -0.485 e. The van der Waals surface area contributed by atoms with Crippen LogP contribution in [0.15, 0.2) is 46.9 Å². The van der Waals surface area contributed by atoms with Crippen LogP contribution in [0.25, 0.3) is 11.3 Å². The minimum atomic E-state index is -0.149. The summed E-state index contributed by atoms with van der Waals surface area (Å²) in [6.45, 7) is 6.36. The second-order valence-corrected chi connectivity index (χ2v) is 10.1. The van der Waals surface area contributed by atoms with Crippen LogP contribution in [-0.2, 0) is 18.4 Å². The van der Waals surface area contributed by atoms with Crippen molar-refractivity contribution in [2.45, 2.75) is 32.5 Å². The maximum atomic E-state index is 12.5. The van der Waals surface area contributed by atoms with Gasteiger partial charge in [-0.1, -0.05) is 35.5 Å². The number of carbonyl (C=O) groups excluding carboxylic acids is 1. The molecule has 0 bridgehead atoms. The number of thiazole rings is 1. The van der Waals surface area contributed by atoms with Crippen LogP contribution in [0.5, 0.6) is 5.75 Å². The molecule has 0 radical (unpaired) electrons. The van der Waals surface area contributed by atoms with E-state index in [2.05, 4.69) is 46.5 Å². The van der Waals surface area contributed by atoms with Crippen molar-refractivity contribution < 1.29 is 9.53 Å². The molecule has 10 heteroatoms. The van der Waals surface area contributed by atoms with E-state index in [0.29, 0.717) is 21.1 Å². The number of nitrogens with one attached hydrogen (secondary N) is 1. The third-order valence-corrected chi connectivity index (χ3v) is 7.32. The van der Waals surface area contributed by atoms with E-state index in [-0.39, 0.29) is 18.3 Å². The lowest BCUT2D eigenvalue weighted by molar-refractivity contribution is -0.113. The molecule has 0 spiro atoms. The zero-order chi connectivity index (χ0) is 24.2. The van der Waals surface area contributed by atoms with E-state index in [1.165, 1.54) is 34.2 Å². The highest BCUT2D eigenvalue weighted by molar-refractivity contribution is 7.99. The highest BCUT2D eigenvalue weighted by atomic mass is 35.5. The first-order valence-electron chi connectivity index (χ1n) is 10.5. The lowest BCUT2D eigenvalue weighted by atomic mass is 10.1. The van der Waals surface area contributed by atoms with Crippen LogP contribution < -0.4 is 10.1 Å². The van der Waals surface area contributed by atoms with Gasteiger partial charge in [0.05, 0.1) is 11.4 Å². The van der Waals surface area contributed by atoms with Crippen molar-refractivity contribution >= 4 is 45.7 Å². The summed E-state index contributed by atoms with van der Waals surface area (Å²) < 4.78 is 7.68. The number of carbonyl (C=O) groups is 1. The Morgan fingerprint density at radius 1 is 1.12 bits per heavy atom. The fourth-order valence-corrected chi connectivity index (χ4v) is 4.86. The molecule has 0 aliphatic rings. The molecule has 1 N–H and O–H groups in total. The predicted molar refractivity (Wildman–Crippen MR) is 138 cm³/mol. The molecule has 176 valence electrons. The van der Waals surface area contributed by atoms with Crippen molar-refractivity contribution in [3.63, 3.8) is 0 Å². The monoisotopic (exact) mass is 513 g/mol. The normalized spacial score (nSPS) is 11.0. The van der Waals surface area contributed by atoms with Crippen molar-refractivity contribution in [1.29, 1.82) is 0 Å². The zero-order valence-corrected chi connectivity index (χ0v) is 21.6. The van der Waals surface area contributed by atoms with Gasteiger partial charge in [0.2, 0.25) is 5.91 Å². The lowest BCUT2D eigenvalue weighted by Crippen LogP contribution is -2.14. The number of rotatable bonds is 8. The van der Waals surface area contributed by atoms with Crippen molar-refractivity contribution in [3.05, 3.63) is 69.3 Å². The van der Waals surface area contributed by atoms with Gasteiger partial charge in [-0.15, -0.1) is 21.5 Å². The number of nitrogens with zero attached hydrogens (tertiary/aromatic N) is 4. The highest BCUT2D eigenvalue weighted by Crippen LogP contribution is 2.27. The van der Waals surface area contributed by atoms with E-state index in [0.717, 1.165) is 22.6 Å². The van der Waals surface area contributed by atoms with Gasteiger partial charge in [-0.3, -0.25) is 4.79 Å². The van der Waals surface area contributed by atoms with Gasteiger partial charge in [0.15, 0.2) is 16.1 Å². The Bertz CT molecular complexity index is 1330. The average Bonchev–Trinajstić information content (AvgIpc) is 3.40. The molecule has 2 aromatic carbocycles. The molecular formula is C24H24ClN5O2S2. The predicted octanol–water partition coefficient (Wildman–Crippen LogP) is 5.83. The molecule has 1 amide bonds. The maximum Gasteiger partial charge on any atom is 0.236 e. The van der Waals surface area contributed by atoms with Crippen molar-refractivity contribution in [2.24, 2.45) is 7.05 Å². The average molecular weight is 514 g/mol. The van der Waals surface area contributed by atoms with Crippen molar-refractivity contribution in [3.8, 4) is 17.0 Å². The SMILES string of the molecule is Cc1ccc(-c2csc(NC(=O)CSc3nnc(COc4ccc(Cl)cc4C)n3C)n2)cc1C. The van der Waals surface area contributed by atoms with Crippen LogP contribution >= 0.6 is 34.7 Å². The van der Waals surface area contributed by atoms with E-state index >= 15 is 0 Å².